The summed E-state index contributed by atoms with van der Waals surface area (Å²) in [5.74, 6) is -0.365. The van der Waals surface area contributed by atoms with E-state index in [9.17, 15) is 13.2 Å². The molecular weight excluding hydrogens is 372 g/mol. The Balaban J connectivity index is 1.97. The SMILES string of the molecule is CCc1ccc(NC(=O)CN(CCc2ccc(Cl)cc2)S(C)(=O)=O)cc1. The van der Waals surface area contributed by atoms with Crippen LogP contribution in [0.3, 0.4) is 0 Å². The number of benzene rings is 2. The first-order valence-electron chi connectivity index (χ1n) is 8.36. The zero-order chi connectivity index (χ0) is 19.2. The maximum Gasteiger partial charge on any atom is 0.239 e. The van der Waals surface area contributed by atoms with Gasteiger partial charge in [0.2, 0.25) is 15.9 Å². The summed E-state index contributed by atoms with van der Waals surface area (Å²) in [6.45, 7) is 2.06. The number of sulfonamides is 1. The van der Waals surface area contributed by atoms with Gasteiger partial charge in [-0.05, 0) is 48.2 Å². The Labute approximate surface area is 160 Å². The van der Waals surface area contributed by atoms with E-state index in [0.717, 1.165) is 18.2 Å². The summed E-state index contributed by atoms with van der Waals surface area (Å²) in [7, 11) is -3.49. The lowest BCUT2D eigenvalue weighted by Crippen LogP contribution is -2.38. The second-order valence-electron chi connectivity index (χ2n) is 6.07. The van der Waals surface area contributed by atoms with Crippen LogP contribution in [0.25, 0.3) is 0 Å². The van der Waals surface area contributed by atoms with Gasteiger partial charge in [0.1, 0.15) is 0 Å². The van der Waals surface area contributed by atoms with Gasteiger partial charge in [0.05, 0.1) is 12.8 Å². The Morgan fingerprint density at radius 1 is 1.04 bits per heavy atom. The fourth-order valence-corrected chi connectivity index (χ4v) is 3.35. The smallest absolute Gasteiger partial charge is 0.239 e. The number of carbonyl (C=O) groups excluding carboxylic acids is 1. The van der Waals surface area contributed by atoms with Crippen molar-refractivity contribution in [2.45, 2.75) is 19.8 Å². The van der Waals surface area contributed by atoms with E-state index in [4.69, 9.17) is 11.6 Å². The molecule has 0 aromatic heterocycles. The number of hydrogen-bond acceptors (Lipinski definition) is 3. The molecule has 0 spiro atoms. The highest BCUT2D eigenvalue weighted by molar-refractivity contribution is 7.88. The van der Waals surface area contributed by atoms with Crippen LogP contribution in [0.1, 0.15) is 18.1 Å². The summed E-state index contributed by atoms with van der Waals surface area (Å²) in [4.78, 5) is 12.2. The molecule has 0 aliphatic heterocycles. The largest absolute Gasteiger partial charge is 0.325 e. The van der Waals surface area contributed by atoms with Gasteiger partial charge >= 0.3 is 0 Å². The van der Waals surface area contributed by atoms with E-state index in [1.807, 2.05) is 36.4 Å². The molecule has 0 fully saturated rings. The number of rotatable bonds is 8. The van der Waals surface area contributed by atoms with Crippen LogP contribution in [0.15, 0.2) is 48.5 Å². The third-order valence-corrected chi connectivity index (χ3v) is 5.50. The normalized spacial score (nSPS) is 11.5. The molecule has 0 radical (unpaired) electrons. The summed E-state index contributed by atoms with van der Waals surface area (Å²) in [6, 6.07) is 14.7. The molecule has 0 saturated carbocycles. The average molecular weight is 395 g/mol. The van der Waals surface area contributed by atoms with E-state index in [2.05, 4.69) is 12.2 Å². The molecular formula is C19H23ClN2O3S. The minimum Gasteiger partial charge on any atom is -0.325 e. The van der Waals surface area contributed by atoms with Gasteiger partial charge in [-0.2, -0.15) is 4.31 Å². The van der Waals surface area contributed by atoms with Crippen molar-refractivity contribution in [2.24, 2.45) is 0 Å². The summed E-state index contributed by atoms with van der Waals surface area (Å²) in [5.41, 5.74) is 2.78. The van der Waals surface area contributed by atoms with Crippen LogP contribution in [0.2, 0.25) is 5.02 Å². The lowest BCUT2D eigenvalue weighted by Gasteiger charge is -2.19. The maximum absolute atomic E-state index is 12.2. The van der Waals surface area contributed by atoms with Crippen LogP contribution in [0, 0.1) is 0 Å². The molecule has 1 amide bonds. The van der Waals surface area contributed by atoms with Crippen molar-refractivity contribution < 1.29 is 13.2 Å². The first-order valence-corrected chi connectivity index (χ1v) is 10.6. The molecule has 0 saturated heterocycles. The summed E-state index contributed by atoms with van der Waals surface area (Å²) >= 11 is 5.85. The molecule has 0 unspecified atom stereocenters. The Morgan fingerprint density at radius 2 is 1.62 bits per heavy atom. The highest BCUT2D eigenvalue weighted by Gasteiger charge is 2.20. The topological polar surface area (TPSA) is 66.5 Å². The van der Waals surface area contributed by atoms with E-state index < -0.39 is 10.0 Å². The van der Waals surface area contributed by atoms with Gasteiger partial charge in [-0.25, -0.2) is 8.42 Å². The maximum atomic E-state index is 12.2. The minimum absolute atomic E-state index is 0.220. The molecule has 0 aliphatic rings. The van der Waals surface area contributed by atoms with Crippen LogP contribution in [-0.4, -0.2) is 38.0 Å². The zero-order valence-corrected chi connectivity index (χ0v) is 16.5. The van der Waals surface area contributed by atoms with Gasteiger partial charge in [-0.15, -0.1) is 0 Å². The number of carbonyl (C=O) groups is 1. The molecule has 0 atom stereocenters. The predicted molar refractivity (Wildman–Crippen MR) is 106 cm³/mol. The van der Waals surface area contributed by atoms with Crippen molar-refractivity contribution >= 4 is 33.2 Å². The number of amides is 1. The molecule has 0 aliphatic carbocycles. The van der Waals surface area contributed by atoms with Crippen molar-refractivity contribution in [1.82, 2.24) is 4.31 Å². The van der Waals surface area contributed by atoms with Crippen molar-refractivity contribution in [3.63, 3.8) is 0 Å². The van der Waals surface area contributed by atoms with Gasteiger partial charge in [-0.1, -0.05) is 42.8 Å². The Hall–Kier alpha value is -1.89. The van der Waals surface area contributed by atoms with Gasteiger partial charge in [0.15, 0.2) is 0 Å². The van der Waals surface area contributed by atoms with Gasteiger partial charge in [-0.3, -0.25) is 4.79 Å². The van der Waals surface area contributed by atoms with Crippen LogP contribution in [0.4, 0.5) is 5.69 Å². The Morgan fingerprint density at radius 3 is 2.15 bits per heavy atom. The number of anilines is 1. The second kappa shape index (κ2) is 9.16. The first-order chi connectivity index (χ1) is 12.3. The number of hydrogen-bond donors (Lipinski definition) is 1. The van der Waals surface area contributed by atoms with E-state index in [1.54, 1.807) is 12.1 Å². The highest BCUT2D eigenvalue weighted by atomic mass is 35.5. The van der Waals surface area contributed by atoms with Crippen molar-refractivity contribution in [1.29, 1.82) is 0 Å². The number of aryl methyl sites for hydroxylation is 1. The predicted octanol–water partition coefficient (Wildman–Crippen LogP) is 3.35. The third-order valence-electron chi connectivity index (χ3n) is 4.00. The summed E-state index contributed by atoms with van der Waals surface area (Å²) in [6.07, 6.45) is 2.53. The molecule has 2 aromatic rings. The van der Waals surface area contributed by atoms with E-state index in [0.29, 0.717) is 17.1 Å². The minimum atomic E-state index is -3.49. The van der Waals surface area contributed by atoms with Crippen LogP contribution < -0.4 is 5.32 Å². The molecule has 2 rings (SSSR count). The standard InChI is InChI=1S/C19H23ClN2O3S/c1-3-15-6-10-18(11-7-15)21-19(23)14-22(26(2,24)25)13-12-16-4-8-17(20)9-5-16/h4-11H,3,12-14H2,1-2H3,(H,21,23). The van der Waals surface area contributed by atoms with Crippen LogP contribution in [-0.2, 0) is 27.7 Å². The summed E-state index contributed by atoms with van der Waals surface area (Å²) < 4.78 is 25.2. The molecule has 1 N–H and O–H groups in total. The zero-order valence-electron chi connectivity index (χ0n) is 14.9. The Kier molecular flexibility index (Phi) is 7.20. The van der Waals surface area contributed by atoms with E-state index >= 15 is 0 Å². The molecule has 0 heterocycles. The fraction of sp³-hybridized carbons (Fsp3) is 0.316. The van der Waals surface area contributed by atoms with Gasteiger partial charge < -0.3 is 5.32 Å². The monoisotopic (exact) mass is 394 g/mol. The third kappa shape index (κ3) is 6.44. The Bertz CT molecular complexity index is 834. The van der Waals surface area contributed by atoms with E-state index in [1.165, 1.54) is 9.87 Å². The van der Waals surface area contributed by atoms with E-state index in [-0.39, 0.29) is 19.0 Å². The molecule has 5 nitrogen and oxygen atoms in total. The average Bonchev–Trinajstić information content (AvgIpc) is 2.59. The molecule has 0 bridgehead atoms. The van der Waals surface area contributed by atoms with Crippen LogP contribution >= 0.6 is 11.6 Å². The van der Waals surface area contributed by atoms with Crippen molar-refractivity contribution in [2.75, 3.05) is 24.7 Å². The molecule has 26 heavy (non-hydrogen) atoms. The number of nitrogens with one attached hydrogen (secondary N) is 1. The van der Waals surface area contributed by atoms with Crippen LogP contribution in [0.5, 0.6) is 0 Å². The van der Waals surface area contributed by atoms with Crippen molar-refractivity contribution in [3.8, 4) is 0 Å². The summed E-state index contributed by atoms with van der Waals surface area (Å²) in [5, 5.41) is 3.37. The first kappa shape index (κ1) is 20.4. The van der Waals surface area contributed by atoms with Gasteiger partial charge in [0.25, 0.3) is 0 Å². The number of halogens is 1. The fourth-order valence-electron chi connectivity index (χ4n) is 2.45. The number of nitrogens with zero attached hydrogens (tertiary/aromatic N) is 1. The quantitative estimate of drug-likeness (QED) is 0.746. The lowest BCUT2D eigenvalue weighted by atomic mass is 10.1. The van der Waals surface area contributed by atoms with Gasteiger partial charge in [0, 0.05) is 17.3 Å². The molecule has 7 heteroatoms. The highest BCUT2D eigenvalue weighted by Crippen LogP contribution is 2.12. The van der Waals surface area contributed by atoms with Crippen molar-refractivity contribution in [3.05, 3.63) is 64.7 Å². The lowest BCUT2D eigenvalue weighted by molar-refractivity contribution is -0.116. The second-order valence-corrected chi connectivity index (χ2v) is 8.49. The molecule has 2 aromatic carbocycles. The molecule has 140 valence electrons.